The standard InChI is InChI=1S/C16H20N2O2S.C12H17NO2.C4H4BrNS/c1-11-17-13(9-21-11)5-6-16-7-12(16)8-18(10-16)14(19)20-15(2,3)4;1-5-12-6-9(12)7-13(8-12)10(14)15-11(2,3)4;1-3-6-4(5)2-7-3/h9,12H,7-8,10H2,1-4H3;1,9H,6-8H2,2-4H3;2H,1H3. The molecule has 4 aliphatic rings. The van der Waals surface area contributed by atoms with Gasteiger partial charge in [-0.15, -0.1) is 29.1 Å². The SMILES string of the molecule is C#CC12CC1CN(C(=O)OC(C)(C)C)C2.Cc1nc(Br)cs1.Cc1nc(C#CC23CC2CN(C(=O)OC(C)(C)C)C3)cs1. The summed E-state index contributed by atoms with van der Waals surface area (Å²) in [7, 11) is 0. The van der Waals surface area contributed by atoms with Crippen molar-refractivity contribution >= 4 is 50.8 Å². The number of carbonyl (C=O) groups excluding carboxylic acids is 2. The van der Waals surface area contributed by atoms with E-state index in [1.807, 2.05) is 66.2 Å². The monoisotopic (exact) mass is 688 g/mol. The number of hydrogen-bond donors (Lipinski definition) is 0. The molecule has 2 aliphatic carbocycles. The minimum atomic E-state index is -0.444. The number of fused-ring (bicyclic) bond motifs is 2. The van der Waals surface area contributed by atoms with Crippen LogP contribution in [0.5, 0.6) is 0 Å². The number of terminal acetylenes is 1. The first-order chi connectivity index (χ1) is 19.9. The Bertz CT molecular complexity index is 1440. The van der Waals surface area contributed by atoms with Crippen LogP contribution in [0.2, 0.25) is 0 Å². The van der Waals surface area contributed by atoms with Crippen LogP contribution in [-0.4, -0.2) is 69.3 Å². The highest BCUT2D eigenvalue weighted by Gasteiger charge is 2.61. The summed E-state index contributed by atoms with van der Waals surface area (Å²) in [6, 6.07) is 0. The van der Waals surface area contributed by atoms with Gasteiger partial charge in [-0.3, -0.25) is 0 Å². The van der Waals surface area contributed by atoms with Gasteiger partial charge >= 0.3 is 12.2 Å². The van der Waals surface area contributed by atoms with Gasteiger partial charge in [0.2, 0.25) is 0 Å². The lowest BCUT2D eigenvalue weighted by Gasteiger charge is -2.25. The fourth-order valence-electron chi connectivity index (χ4n) is 5.26. The molecule has 232 valence electrons. The van der Waals surface area contributed by atoms with Gasteiger partial charge in [-0.2, -0.15) is 0 Å². The first kappa shape index (κ1) is 33.3. The van der Waals surface area contributed by atoms with Crippen LogP contribution in [0.3, 0.4) is 0 Å². The van der Waals surface area contributed by atoms with Crippen LogP contribution < -0.4 is 0 Å². The molecule has 6 rings (SSSR count). The third-order valence-electron chi connectivity index (χ3n) is 7.53. The third-order valence-corrected chi connectivity index (χ3v) is 9.79. The fourth-order valence-corrected chi connectivity index (χ4v) is 6.94. The van der Waals surface area contributed by atoms with E-state index in [9.17, 15) is 9.59 Å². The van der Waals surface area contributed by atoms with Crippen LogP contribution >= 0.6 is 38.6 Å². The summed E-state index contributed by atoms with van der Waals surface area (Å²) in [4.78, 5) is 35.7. The van der Waals surface area contributed by atoms with Crippen molar-refractivity contribution in [3.8, 4) is 24.2 Å². The van der Waals surface area contributed by atoms with E-state index >= 15 is 0 Å². The number of aryl methyl sites for hydroxylation is 2. The van der Waals surface area contributed by atoms with Crippen LogP contribution in [0.25, 0.3) is 0 Å². The Morgan fingerprint density at radius 2 is 1.40 bits per heavy atom. The summed E-state index contributed by atoms with van der Waals surface area (Å²) in [6.45, 7) is 18.1. The topological polar surface area (TPSA) is 84.9 Å². The van der Waals surface area contributed by atoms with E-state index in [1.54, 1.807) is 32.5 Å². The van der Waals surface area contributed by atoms with Crippen LogP contribution in [0.4, 0.5) is 9.59 Å². The van der Waals surface area contributed by atoms with Gasteiger partial charge in [0.05, 0.1) is 20.8 Å². The molecule has 0 aromatic carbocycles. The summed E-state index contributed by atoms with van der Waals surface area (Å²) in [5.74, 6) is 10.3. The molecule has 2 aromatic rings. The van der Waals surface area contributed by atoms with Gasteiger partial charge in [0.15, 0.2) is 0 Å². The van der Waals surface area contributed by atoms with Crippen molar-refractivity contribution in [2.24, 2.45) is 22.7 Å². The maximum Gasteiger partial charge on any atom is 0.410 e. The molecule has 8 nitrogen and oxygen atoms in total. The van der Waals surface area contributed by atoms with E-state index in [4.69, 9.17) is 15.9 Å². The molecule has 4 heterocycles. The molecule has 4 atom stereocenters. The molecule has 2 saturated heterocycles. The lowest BCUT2D eigenvalue weighted by atomic mass is 10.1. The van der Waals surface area contributed by atoms with E-state index in [2.05, 4.69) is 43.7 Å². The largest absolute Gasteiger partial charge is 0.444 e. The molecule has 0 radical (unpaired) electrons. The number of amides is 2. The summed E-state index contributed by atoms with van der Waals surface area (Å²) < 4.78 is 11.7. The Hall–Kier alpha value is -2.60. The summed E-state index contributed by atoms with van der Waals surface area (Å²) in [5.41, 5.74) is -0.0625. The lowest BCUT2D eigenvalue weighted by Crippen LogP contribution is -2.37. The number of aromatic nitrogens is 2. The molecular weight excluding hydrogens is 648 g/mol. The average Bonchev–Trinajstić information content (AvgIpc) is 3.37. The molecule has 4 fully saturated rings. The number of carbonyl (C=O) groups is 2. The second-order valence-electron chi connectivity index (χ2n) is 13.7. The quantitative estimate of drug-likeness (QED) is 0.273. The van der Waals surface area contributed by atoms with Crippen molar-refractivity contribution < 1.29 is 19.1 Å². The van der Waals surface area contributed by atoms with Crippen LogP contribution in [0, 0.1) is 60.7 Å². The number of ether oxygens (including phenoxy) is 2. The van der Waals surface area contributed by atoms with Crippen LogP contribution in [-0.2, 0) is 9.47 Å². The Balaban J connectivity index is 0.000000167. The molecule has 2 amide bonds. The number of halogens is 1. The van der Waals surface area contributed by atoms with Gasteiger partial charge in [0, 0.05) is 36.9 Å². The number of rotatable bonds is 0. The fraction of sp³-hybridized carbons (Fsp3) is 0.625. The van der Waals surface area contributed by atoms with E-state index in [1.165, 1.54) is 0 Å². The van der Waals surface area contributed by atoms with Crippen molar-refractivity contribution in [2.45, 2.75) is 79.4 Å². The maximum atomic E-state index is 12.1. The first-order valence-corrected chi connectivity index (χ1v) is 16.9. The summed E-state index contributed by atoms with van der Waals surface area (Å²) in [5, 5.41) is 6.09. The lowest BCUT2D eigenvalue weighted by molar-refractivity contribution is 0.0258. The van der Waals surface area contributed by atoms with Crippen LogP contribution in [0.15, 0.2) is 15.4 Å². The van der Waals surface area contributed by atoms with Crippen molar-refractivity contribution in [1.29, 1.82) is 0 Å². The van der Waals surface area contributed by atoms with Gasteiger partial charge in [0.1, 0.15) is 21.5 Å². The number of likely N-dealkylation sites (tertiary alicyclic amines) is 2. The summed E-state index contributed by atoms with van der Waals surface area (Å²) in [6.07, 6.45) is 7.17. The molecule has 0 spiro atoms. The zero-order chi connectivity index (χ0) is 31.8. The molecule has 2 saturated carbocycles. The van der Waals surface area contributed by atoms with E-state index in [0.29, 0.717) is 24.9 Å². The Labute approximate surface area is 272 Å². The maximum absolute atomic E-state index is 12.1. The molecule has 4 unspecified atom stereocenters. The zero-order valence-electron chi connectivity index (χ0n) is 26.2. The molecule has 43 heavy (non-hydrogen) atoms. The molecule has 0 N–H and O–H groups in total. The van der Waals surface area contributed by atoms with Gasteiger partial charge in [-0.1, -0.05) is 11.8 Å². The number of piperidine rings is 2. The predicted octanol–water partition coefficient (Wildman–Crippen LogP) is 7.15. The Morgan fingerprint density at radius 3 is 1.79 bits per heavy atom. The second-order valence-corrected chi connectivity index (χ2v) is 16.6. The van der Waals surface area contributed by atoms with Crippen molar-refractivity contribution in [2.75, 3.05) is 26.2 Å². The van der Waals surface area contributed by atoms with Gasteiger partial charge in [-0.05, 0) is 102 Å². The molecule has 2 aliphatic heterocycles. The second kappa shape index (κ2) is 12.4. The Morgan fingerprint density at radius 1 is 0.907 bits per heavy atom. The normalized spacial score (nSPS) is 26.2. The van der Waals surface area contributed by atoms with Crippen LogP contribution in [0.1, 0.15) is 70.1 Å². The Kier molecular flexibility index (Phi) is 9.62. The molecular formula is C32H41BrN4O4S2. The number of thiazole rings is 2. The highest BCUT2D eigenvalue weighted by atomic mass is 79.9. The molecule has 11 heteroatoms. The van der Waals surface area contributed by atoms with Gasteiger partial charge in [-0.25, -0.2) is 19.6 Å². The van der Waals surface area contributed by atoms with Crippen molar-refractivity contribution in [3.63, 3.8) is 0 Å². The summed E-state index contributed by atoms with van der Waals surface area (Å²) >= 11 is 6.49. The minimum absolute atomic E-state index is 0.0170. The highest BCUT2D eigenvalue weighted by molar-refractivity contribution is 9.10. The molecule has 2 aromatic heterocycles. The number of hydrogen-bond acceptors (Lipinski definition) is 8. The van der Waals surface area contributed by atoms with E-state index < -0.39 is 11.2 Å². The van der Waals surface area contributed by atoms with Gasteiger partial charge in [0.25, 0.3) is 0 Å². The van der Waals surface area contributed by atoms with Crippen molar-refractivity contribution in [3.05, 3.63) is 31.1 Å². The van der Waals surface area contributed by atoms with E-state index in [-0.39, 0.29) is 23.0 Å². The minimum Gasteiger partial charge on any atom is -0.444 e. The van der Waals surface area contributed by atoms with E-state index in [0.717, 1.165) is 46.2 Å². The molecule has 0 bridgehead atoms. The average molecular weight is 690 g/mol. The highest BCUT2D eigenvalue weighted by Crippen LogP contribution is 2.58. The first-order valence-electron chi connectivity index (χ1n) is 14.4. The smallest absolute Gasteiger partial charge is 0.410 e. The van der Waals surface area contributed by atoms with Gasteiger partial charge < -0.3 is 19.3 Å². The third kappa shape index (κ3) is 8.97. The zero-order valence-corrected chi connectivity index (χ0v) is 29.5. The van der Waals surface area contributed by atoms with Crippen molar-refractivity contribution in [1.82, 2.24) is 19.8 Å². The number of nitrogens with zero attached hydrogens (tertiary/aromatic N) is 4. The predicted molar refractivity (Wildman–Crippen MR) is 174 cm³/mol.